The summed E-state index contributed by atoms with van der Waals surface area (Å²) in [6, 6.07) is 14.0. The van der Waals surface area contributed by atoms with Crippen LogP contribution in [0, 0.1) is 11.6 Å². The minimum absolute atomic E-state index is 0.00764. The zero-order valence-electron chi connectivity index (χ0n) is 27.5. The van der Waals surface area contributed by atoms with Crippen LogP contribution in [0.5, 0.6) is 0 Å². The Balaban J connectivity index is 0.000000280. The largest absolute Gasteiger partial charge is 0.261 e. The lowest BCUT2D eigenvalue weighted by atomic mass is 9.91. The maximum absolute atomic E-state index is 13.0. The lowest BCUT2D eigenvalue weighted by Gasteiger charge is -2.17. The van der Waals surface area contributed by atoms with Gasteiger partial charge in [0.2, 0.25) is 0 Å². The summed E-state index contributed by atoms with van der Waals surface area (Å²) < 4.78 is 25.4. The van der Waals surface area contributed by atoms with Crippen molar-refractivity contribution in [3.63, 3.8) is 0 Å². The molecule has 7 heteroatoms. The molecule has 0 aliphatic carbocycles. The van der Waals surface area contributed by atoms with Crippen LogP contribution in [0.1, 0.15) is 106 Å². The number of halogens is 2. The van der Waals surface area contributed by atoms with E-state index in [1.165, 1.54) is 18.3 Å². The molecule has 0 radical (unpaired) electrons. The molecule has 0 aliphatic heterocycles. The topological polar surface area (TPSA) is 64.5 Å². The first-order valence-corrected chi connectivity index (χ1v) is 14.1. The van der Waals surface area contributed by atoms with Crippen molar-refractivity contribution in [2.24, 2.45) is 0 Å². The van der Waals surface area contributed by atoms with E-state index < -0.39 is 0 Å². The second kappa shape index (κ2) is 15.6. The zero-order valence-corrected chi connectivity index (χ0v) is 27.5. The summed E-state index contributed by atoms with van der Waals surface area (Å²) in [6.07, 6.45) is 8.24. The molecule has 0 amide bonds. The van der Waals surface area contributed by atoms with E-state index in [0.29, 0.717) is 5.69 Å². The van der Waals surface area contributed by atoms with Gasteiger partial charge in [-0.05, 0) is 42.5 Å². The van der Waals surface area contributed by atoms with Gasteiger partial charge in [0.25, 0.3) is 0 Å². The Morgan fingerprint density at radius 2 is 0.976 bits per heavy atom. The second-order valence-electron chi connectivity index (χ2n) is 14.0. The fourth-order valence-electron chi connectivity index (χ4n) is 3.25. The van der Waals surface area contributed by atoms with Gasteiger partial charge in [-0.15, -0.1) is 0 Å². The second-order valence-corrected chi connectivity index (χ2v) is 14.0. The first-order chi connectivity index (χ1) is 19.2. The van der Waals surface area contributed by atoms with Crippen molar-refractivity contribution in [3.05, 3.63) is 114 Å². The van der Waals surface area contributed by atoms with Gasteiger partial charge in [0, 0.05) is 57.8 Å². The van der Waals surface area contributed by atoms with Gasteiger partial charge in [0.15, 0.2) is 0 Å². The molecular weight excluding hydrogens is 528 g/mol. The Kier molecular flexibility index (Phi) is 13.5. The third kappa shape index (κ3) is 13.8. The van der Waals surface area contributed by atoms with Gasteiger partial charge in [0.05, 0.1) is 11.9 Å². The minimum atomic E-state index is -0.280. The van der Waals surface area contributed by atoms with Crippen molar-refractivity contribution < 1.29 is 8.78 Å². The molecule has 0 atom stereocenters. The van der Waals surface area contributed by atoms with Gasteiger partial charge < -0.3 is 0 Å². The molecule has 4 heterocycles. The van der Waals surface area contributed by atoms with Crippen LogP contribution in [0.3, 0.4) is 0 Å². The molecule has 0 fully saturated rings. The molecule has 0 spiro atoms. The summed E-state index contributed by atoms with van der Waals surface area (Å²) >= 11 is 0. The molecule has 0 bridgehead atoms. The van der Waals surface area contributed by atoms with E-state index in [4.69, 9.17) is 0 Å². The van der Waals surface area contributed by atoms with E-state index in [-0.39, 0.29) is 33.3 Å². The molecule has 4 rings (SSSR count). The highest BCUT2D eigenvalue weighted by Gasteiger charge is 2.19. The molecule has 4 aromatic rings. The Morgan fingerprint density at radius 3 is 1.31 bits per heavy atom. The molecule has 0 aromatic carbocycles. The Bertz CT molecular complexity index is 1250. The van der Waals surface area contributed by atoms with Gasteiger partial charge in [-0.25, -0.2) is 18.7 Å². The molecular formula is C35H49F2N5. The van der Waals surface area contributed by atoms with E-state index in [1.807, 2.05) is 65.9 Å². The van der Waals surface area contributed by atoms with Crippen LogP contribution < -0.4 is 0 Å². The molecule has 0 saturated heterocycles. The van der Waals surface area contributed by atoms with Gasteiger partial charge in [-0.3, -0.25) is 15.0 Å². The van der Waals surface area contributed by atoms with E-state index >= 15 is 0 Å². The number of hydrogen-bond acceptors (Lipinski definition) is 5. The fraction of sp³-hybridized carbons (Fsp3) is 0.457. The standard InChI is InChI=1S/2C9H12FN.C9H13N.C8H12N2/c1-9(2,3)8-5-4-7(10)6-11-8;1-9(2,3)8-7(10)5-4-6-11-8;1-9(2,3)8-6-4-5-7-10-8;1-8(2,3)7-9-5-4-6-10-7/h2*4-6H,1-3H3;4-7H,1-3H3;4-6H,1-3H3. The third-order valence-corrected chi connectivity index (χ3v) is 5.63. The normalized spacial score (nSPS) is 11.6. The molecule has 0 saturated carbocycles. The van der Waals surface area contributed by atoms with E-state index in [1.54, 1.807) is 30.7 Å². The van der Waals surface area contributed by atoms with E-state index in [0.717, 1.165) is 17.2 Å². The number of nitrogens with zero attached hydrogens (tertiary/aromatic N) is 5. The van der Waals surface area contributed by atoms with Crippen molar-refractivity contribution in [1.29, 1.82) is 0 Å². The zero-order chi connectivity index (χ0) is 32.2. The van der Waals surface area contributed by atoms with Gasteiger partial charge in [-0.1, -0.05) is 89.2 Å². The number of hydrogen-bond donors (Lipinski definition) is 0. The Labute approximate surface area is 252 Å². The van der Waals surface area contributed by atoms with Gasteiger partial charge in [-0.2, -0.15) is 0 Å². The summed E-state index contributed by atoms with van der Waals surface area (Å²) in [5.74, 6) is 0.396. The predicted molar refractivity (Wildman–Crippen MR) is 169 cm³/mol. The number of rotatable bonds is 0. The highest BCUT2D eigenvalue weighted by molar-refractivity contribution is 5.16. The molecule has 0 aliphatic rings. The summed E-state index contributed by atoms with van der Waals surface area (Å²) in [5, 5.41) is 0. The average Bonchev–Trinajstić information content (AvgIpc) is 2.89. The van der Waals surface area contributed by atoms with Crippen LogP contribution in [0.15, 0.2) is 79.5 Å². The van der Waals surface area contributed by atoms with Crippen LogP contribution in [0.4, 0.5) is 8.78 Å². The van der Waals surface area contributed by atoms with Crippen LogP contribution >= 0.6 is 0 Å². The maximum Gasteiger partial charge on any atom is 0.145 e. The highest BCUT2D eigenvalue weighted by Crippen LogP contribution is 2.22. The van der Waals surface area contributed by atoms with Crippen molar-refractivity contribution in [2.75, 3.05) is 0 Å². The lowest BCUT2D eigenvalue weighted by molar-refractivity contribution is 0.503. The summed E-state index contributed by atoms with van der Waals surface area (Å²) in [7, 11) is 0. The molecule has 0 unspecified atom stereocenters. The smallest absolute Gasteiger partial charge is 0.145 e. The Morgan fingerprint density at radius 1 is 0.452 bits per heavy atom. The van der Waals surface area contributed by atoms with E-state index in [9.17, 15) is 8.78 Å². The summed E-state index contributed by atoms with van der Waals surface area (Å²) in [4.78, 5) is 20.5. The summed E-state index contributed by atoms with van der Waals surface area (Å²) in [5.41, 5.74) is 2.65. The molecule has 42 heavy (non-hydrogen) atoms. The fourth-order valence-corrected chi connectivity index (χ4v) is 3.25. The first kappa shape index (κ1) is 36.4. The summed E-state index contributed by atoms with van der Waals surface area (Å²) in [6.45, 7) is 24.8. The number of aromatic nitrogens is 5. The van der Waals surface area contributed by atoms with Crippen molar-refractivity contribution in [3.8, 4) is 0 Å². The van der Waals surface area contributed by atoms with Gasteiger partial charge >= 0.3 is 0 Å². The maximum atomic E-state index is 13.0. The molecule has 0 N–H and O–H groups in total. The quantitative estimate of drug-likeness (QED) is 0.208. The van der Waals surface area contributed by atoms with E-state index in [2.05, 4.69) is 72.5 Å². The molecule has 228 valence electrons. The average molecular weight is 578 g/mol. The monoisotopic (exact) mass is 577 g/mol. The van der Waals surface area contributed by atoms with Crippen LogP contribution in [0.25, 0.3) is 0 Å². The molecule has 4 aromatic heterocycles. The third-order valence-electron chi connectivity index (χ3n) is 5.63. The Hall–Kier alpha value is -3.61. The van der Waals surface area contributed by atoms with Crippen LogP contribution in [-0.2, 0) is 21.7 Å². The van der Waals surface area contributed by atoms with Crippen molar-refractivity contribution in [2.45, 2.75) is 105 Å². The van der Waals surface area contributed by atoms with Crippen molar-refractivity contribution in [1.82, 2.24) is 24.9 Å². The molecule has 5 nitrogen and oxygen atoms in total. The van der Waals surface area contributed by atoms with Crippen molar-refractivity contribution >= 4 is 0 Å². The first-order valence-electron chi connectivity index (χ1n) is 14.1. The van der Waals surface area contributed by atoms with Crippen LogP contribution in [0.2, 0.25) is 0 Å². The van der Waals surface area contributed by atoms with Gasteiger partial charge in [0.1, 0.15) is 17.5 Å². The SMILES string of the molecule is CC(C)(C)c1ccc(F)cn1.CC(C)(C)c1ccccn1.CC(C)(C)c1ncccc1F.CC(C)(C)c1ncccn1. The minimum Gasteiger partial charge on any atom is -0.261 e. The predicted octanol–water partition coefficient (Wildman–Crippen LogP) is 9.19. The highest BCUT2D eigenvalue weighted by atomic mass is 19.1. The lowest BCUT2D eigenvalue weighted by Crippen LogP contribution is -2.15. The van der Waals surface area contributed by atoms with Crippen LogP contribution in [-0.4, -0.2) is 24.9 Å². The number of pyridine rings is 3.